The number of carbonyl (C=O) groups excluding carboxylic acids is 1. The van der Waals surface area contributed by atoms with Crippen LogP contribution < -0.4 is 5.32 Å². The molecule has 1 aromatic carbocycles. The number of benzene rings is 1. The molecule has 0 fully saturated rings. The number of nitrogens with one attached hydrogen (secondary N) is 1. The molecule has 3 rings (SSSR count). The van der Waals surface area contributed by atoms with Crippen LogP contribution in [-0.4, -0.2) is 25.7 Å². The van der Waals surface area contributed by atoms with Gasteiger partial charge in [0.25, 0.3) is 5.91 Å². The van der Waals surface area contributed by atoms with Gasteiger partial charge < -0.3 is 5.32 Å². The highest BCUT2D eigenvalue weighted by atomic mass is 35.5. The summed E-state index contributed by atoms with van der Waals surface area (Å²) in [4.78, 5) is 31.4. The van der Waals surface area contributed by atoms with Gasteiger partial charge in [-0.05, 0) is 49.4 Å². The third-order valence-electron chi connectivity index (χ3n) is 4.07. The van der Waals surface area contributed by atoms with Gasteiger partial charge in [-0.25, -0.2) is 9.97 Å². The summed E-state index contributed by atoms with van der Waals surface area (Å²) in [6, 6.07) is 5.51. The van der Waals surface area contributed by atoms with Crippen LogP contribution in [0.2, 0.25) is 5.02 Å². The summed E-state index contributed by atoms with van der Waals surface area (Å²) in [6.07, 6.45) is -2.17. The van der Waals surface area contributed by atoms with E-state index in [9.17, 15) is 22.9 Å². The van der Waals surface area contributed by atoms with Crippen LogP contribution in [0, 0.1) is 4.91 Å². The molecule has 0 aliphatic heterocycles. The zero-order valence-electron chi connectivity index (χ0n) is 15.6. The van der Waals surface area contributed by atoms with Crippen molar-refractivity contribution in [3.63, 3.8) is 0 Å². The maximum Gasteiger partial charge on any atom is 0.416 e. The van der Waals surface area contributed by atoms with Crippen molar-refractivity contribution in [2.75, 3.05) is 0 Å². The molecule has 0 saturated carbocycles. The maximum absolute atomic E-state index is 13.0. The van der Waals surface area contributed by atoms with Crippen molar-refractivity contribution in [3.05, 3.63) is 69.7 Å². The SMILES string of the molecule is CC(C)(NC(=O)c1cc(Cl)cc(C(F)(F)F)c1)c1ncnn1-c1ccc(N=O)cn1. The van der Waals surface area contributed by atoms with Crippen molar-refractivity contribution in [1.82, 2.24) is 25.1 Å². The van der Waals surface area contributed by atoms with Crippen LogP contribution in [0.15, 0.2) is 48.0 Å². The lowest BCUT2D eigenvalue weighted by atomic mass is 10.0. The molecule has 30 heavy (non-hydrogen) atoms. The molecule has 156 valence electrons. The van der Waals surface area contributed by atoms with E-state index in [1.54, 1.807) is 13.8 Å². The lowest BCUT2D eigenvalue weighted by Gasteiger charge is -2.26. The van der Waals surface area contributed by atoms with E-state index >= 15 is 0 Å². The summed E-state index contributed by atoms with van der Waals surface area (Å²) in [5.41, 5.74) is -2.32. The smallest absolute Gasteiger partial charge is 0.340 e. The Morgan fingerprint density at radius 3 is 2.50 bits per heavy atom. The second kappa shape index (κ2) is 7.82. The van der Waals surface area contributed by atoms with Crippen LogP contribution in [0.3, 0.4) is 0 Å². The first-order valence-electron chi connectivity index (χ1n) is 8.42. The van der Waals surface area contributed by atoms with Crippen LogP contribution in [-0.2, 0) is 11.7 Å². The topological polar surface area (TPSA) is 102 Å². The van der Waals surface area contributed by atoms with E-state index in [2.05, 4.69) is 25.6 Å². The lowest BCUT2D eigenvalue weighted by Crippen LogP contribution is -2.43. The van der Waals surface area contributed by atoms with Gasteiger partial charge in [-0.3, -0.25) is 4.79 Å². The van der Waals surface area contributed by atoms with E-state index in [1.807, 2.05) is 0 Å². The van der Waals surface area contributed by atoms with E-state index in [4.69, 9.17) is 11.6 Å². The molecule has 0 radical (unpaired) electrons. The number of amides is 1. The van der Waals surface area contributed by atoms with E-state index < -0.39 is 23.2 Å². The second-order valence-corrected chi connectivity index (χ2v) is 7.20. The van der Waals surface area contributed by atoms with Crippen LogP contribution in [0.5, 0.6) is 0 Å². The number of nitroso groups, excluding NO2 is 1. The number of aromatic nitrogens is 4. The molecule has 0 aliphatic rings. The van der Waals surface area contributed by atoms with E-state index in [0.29, 0.717) is 11.9 Å². The average molecular weight is 439 g/mol. The minimum Gasteiger partial charge on any atom is -0.340 e. The van der Waals surface area contributed by atoms with Gasteiger partial charge in [-0.1, -0.05) is 11.6 Å². The predicted molar refractivity (Wildman–Crippen MR) is 102 cm³/mol. The Morgan fingerprint density at radius 2 is 1.90 bits per heavy atom. The summed E-state index contributed by atoms with van der Waals surface area (Å²) in [7, 11) is 0. The number of alkyl halides is 3. The van der Waals surface area contributed by atoms with Crippen molar-refractivity contribution in [3.8, 4) is 5.82 Å². The summed E-state index contributed by atoms with van der Waals surface area (Å²) >= 11 is 5.76. The van der Waals surface area contributed by atoms with Gasteiger partial charge in [0, 0.05) is 10.6 Å². The highest BCUT2D eigenvalue weighted by Gasteiger charge is 2.33. The van der Waals surface area contributed by atoms with Crippen molar-refractivity contribution in [2.24, 2.45) is 5.18 Å². The minimum absolute atomic E-state index is 0.120. The van der Waals surface area contributed by atoms with Gasteiger partial charge in [0.2, 0.25) is 0 Å². The average Bonchev–Trinajstić information content (AvgIpc) is 3.17. The summed E-state index contributed by atoms with van der Waals surface area (Å²) in [5, 5.41) is 9.24. The van der Waals surface area contributed by atoms with E-state index in [1.165, 1.54) is 29.3 Å². The van der Waals surface area contributed by atoms with E-state index in [-0.39, 0.29) is 22.1 Å². The fourth-order valence-electron chi connectivity index (χ4n) is 2.69. The minimum atomic E-state index is -4.65. The molecule has 8 nitrogen and oxygen atoms in total. The molecule has 0 spiro atoms. The lowest BCUT2D eigenvalue weighted by molar-refractivity contribution is -0.137. The molecule has 0 saturated heterocycles. The van der Waals surface area contributed by atoms with Gasteiger partial charge in [0.05, 0.1) is 17.3 Å². The Hall–Kier alpha value is -3.34. The highest BCUT2D eigenvalue weighted by molar-refractivity contribution is 6.31. The van der Waals surface area contributed by atoms with Crippen molar-refractivity contribution < 1.29 is 18.0 Å². The van der Waals surface area contributed by atoms with Gasteiger partial charge in [0.15, 0.2) is 11.6 Å². The second-order valence-electron chi connectivity index (χ2n) is 6.77. The van der Waals surface area contributed by atoms with Crippen LogP contribution >= 0.6 is 11.6 Å². The molecule has 0 unspecified atom stereocenters. The van der Waals surface area contributed by atoms with Gasteiger partial charge in [-0.2, -0.15) is 23.0 Å². The Bertz CT molecular complexity index is 1100. The first-order valence-corrected chi connectivity index (χ1v) is 8.79. The van der Waals surface area contributed by atoms with Crippen molar-refractivity contribution in [2.45, 2.75) is 25.6 Å². The van der Waals surface area contributed by atoms with Gasteiger partial charge >= 0.3 is 6.18 Å². The summed E-state index contributed by atoms with van der Waals surface area (Å²) in [6.45, 7) is 3.20. The van der Waals surface area contributed by atoms with Crippen LogP contribution in [0.1, 0.15) is 35.6 Å². The number of hydrogen-bond acceptors (Lipinski definition) is 6. The highest BCUT2D eigenvalue weighted by Crippen LogP contribution is 2.32. The Morgan fingerprint density at radius 1 is 1.17 bits per heavy atom. The fraction of sp³-hybridized carbons (Fsp3) is 0.222. The standard InChI is InChI=1S/C18H14ClF3N6O2/c1-17(2,16-24-9-25-28(16)14-4-3-13(27-30)8-23-14)26-15(29)10-5-11(18(20,21)22)7-12(19)6-10/h3-9H,1-2H3,(H,26,29). The summed E-state index contributed by atoms with van der Waals surface area (Å²) < 4.78 is 40.4. The Labute approximate surface area is 173 Å². The molecular weight excluding hydrogens is 425 g/mol. The van der Waals surface area contributed by atoms with E-state index in [0.717, 1.165) is 12.1 Å². The molecular formula is C18H14ClF3N6O2. The molecule has 3 aromatic rings. The molecule has 0 atom stereocenters. The molecule has 12 heteroatoms. The number of pyridine rings is 1. The third-order valence-corrected chi connectivity index (χ3v) is 4.29. The van der Waals surface area contributed by atoms with Gasteiger partial charge in [-0.15, -0.1) is 4.91 Å². The zero-order valence-corrected chi connectivity index (χ0v) is 16.4. The number of carbonyl (C=O) groups is 1. The number of halogens is 4. The first-order chi connectivity index (χ1) is 14.0. The summed E-state index contributed by atoms with van der Waals surface area (Å²) in [5.74, 6) is -0.219. The van der Waals surface area contributed by atoms with Crippen molar-refractivity contribution >= 4 is 23.2 Å². The Balaban J connectivity index is 1.91. The molecule has 0 aliphatic carbocycles. The number of hydrogen-bond donors (Lipinski definition) is 1. The van der Waals surface area contributed by atoms with Gasteiger partial charge in [0.1, 0.15) is 12.0 Å². The fourth-order valence-corrected chi connectivity index (χ4v) is 2.92. The van der Waals surface area contributed by atoms with Crippen molar-refractivity contribution in [1.29, 1.82) is 0 Å². The van der Waals surface area contributed by atoms with Crippen LogP contribution in [0.4, 0.5) is 18.9 Å². The predicted octanol–water partition coefficient (Wildman–Crippen LogP) is 4.40. The molecule has 1 amide bonds. The molecule has 0 bridgehead atoms. The first kappa shape index (κ1) is 21.4. The zero-order chi connectivity index (χ0) is 22.1. The molecule has 1 N–H and O–H groups in total. The van der Waals surface area contributed by atoms with Crippen LogP contribution in [0.25, 0.3) is 5.82 Å². The largest absolute Gasteiger partial charge is 0.416 e. The normalized spacial score (nSPS) is 11.9. The molecule has 2 aromatic heterocycles. The Kier molecular flexibility index (Phi) is 5.57. The maximum atomic E-state index is 13.0. The molecule has 2 heterocycles. The third kappa shape index (κ3) is 4.46. The number of rotatable bonds is 5. The monoisotopic (exact) mass is 438 g/mol. The quantitative estimate of drug-likeness (QED) is 0.595. The number of nitrogens with zero attached hydrogens (tertiary/aromatic N) is 5.